The highest BCUT2D eigenvalue weighted by molar-refractivity contribution is 6.03. The Morgan fingerprint density at radius 1 is 1.30 bits per heavy atom. The molecule has 0 bridgehead atoms. The van der Waals surface area contributed by atoms with Gasteiger partial charge in [-0.3, -0.25) is 14.5 Å². The smallest absolute Gasteiger partial charge is 0.257 e. The number of hydrogen-bond acceptors (Lipinski definition) is 3. The van der Waals surface area contributed by atoms with Gasteiger partial charge in [-0.1, -0.05) is 18.2 Å². The van der Waals surface area contributed by atoms with E-state index in [1.54, 1.807) is 30.0 Å². The highest BCUT2D eigenvalue weighted by Crippen LogP contribution is 2.48. The van der Waals surface area contributed by atoms with Crippen LogP contribution in [0.25, 0.3) is 0 Å². The molecule has 0 aliphatic carbocycles. The molecule has 20 heavy (non-hydrogen) atoms. The molecule has 1 N–H and O–H groups in total. The summed E-state index contributed by atoms with van der Waals surface area (Å²) in [5.74, 6) is -0.297. The van der Waals surface area contributed by atoms with Gasteiger partial charge in [0.15, 0.2) is 5.72 Å². The Morgan fingerprint density at radius 2 is 2.05 bits per heavy atom. The van der Waals surface area contributed by atoms with Crippen LogP contribution in [0.2, 0.25) is 0 Å². The number of hydrogen-bond donors (Lipinski definition) is 1. The predicted molar refractivity (Wildman–Crippen MR) is 70.7 cm³/mol. The maximum Gasteiger partial charge on any atom is 0.257 e. The minimum absolute atomic E-state index is 0.0571. The molecule has 0 saturated carbocycles. The lowest BCUT2D eigenvalue weighted by atomic mass is 9.89. The Kier molecular flexibility index (Phi) is 2.15. The van der Waals surface area contributed by atoms with Crippen molar-refractivity contribution < 1.29 is 14.7 Å². The van der Waals surface area contributed by atoms with Crippen LogP contribution in [0.4, 0.5) is 0 Å². The van der Waals surface area contributed by atoms with E-state index < -0.39 is 11.8 Å². The molecular formula is C15H16N2O3. The van der Waals surface area contributed by atoms with Gasteiger partial charge in [0, 0.05) is 17.7 Å². The van der Waals surface area contributed by atoms with Crippen LogP contribution in [0.3, 0.4) is 0 Å². The summed E-state index contributed by atoms with van der Waals surface area (Å²) >= 11 is 0. The maximum atomic E-state index is 12.6. The van der Waals surface area contributed by atoms with Crippen LogP contribution in [-0.4, -0.2) is 45.3 Å². The van der Waals surface area contributed by atoms with E-state index in [0.29, 0.717) is 17.7 Å². The van der Waals surface area contributed by atoms with Crippen molar-refractivity contribution in [3.05, 3.63) is 35.4 Å². The highest BCUT2D eigenvalue weighted by Gasteiger charge is 2.62. The zero-order valence-electron chi connectivity index (χ0n) is 11.2. The van der Waals surface area contributed by atoms with Crippen molar-refractivity contribution in [2.45, 2.75) is 37.6 Å². The Hall–Kier alpha value is -1.88. The van der Waals surface area contributed by atoms with Crippen molar-refractivity contribution in [1.82, 2.24) is 9.80 Å². The summed E-state index contributed by atoms with van der Waals surface area (Å²) in [7, 11) is 0. The summed E-state index contributed by atoms with van der Waals surface area (Å²) in [5.41, 5.74) is -0.207. The third-order valence-corrected chi connectivity index (χ3v) is 4.89. The third kappa shape index (κ3) is 1.13. The van der Waals surface area contributed by atoms with Gasteiger partial charge < -0.3 is 10.0 Å². The van der Waals surface area contributed by atoms with Crippen molar-refractivity contribution in [1.29, 1.82) is 0 Å². The second-order valence-electron chi connectivity index (χ2n) is 5.81. The zero-order chi connectivity index (χ0) is 14.1. The van der Waals surface area contributed by atoms with Gasteiger partial charge in [0.05, 0.1) is 6.04 Å². The molecule has 1 aromatic carbocycles. The molecule has 1 aromatic rings. The number of carbonyl (C=O) groups is 2. The number of fused-ring (bicyclic) bond motifs is 5. The van der Waals surface area contributed by atoms with E-state index in [2.05, 4.69) is 0 Å². The van der Waals surface area contributed by atoms with Crippen LogP contribution >= 0.6 is 0 Å². The molecule has 0 aromatic heterocycles. The molecule has 2 fully saturated rings. The summed E-state index contributed by atoms with van der Waals surface area (Å²) < 4.78 is 0. The van der Waals surface area contributed by atoms with Crippen LogP contribution in [0.15, 0.2) is 24.3 Å². The van der Waals surface area contributed by atoms with E-state index in [-0.39, 0.29) is 17.9 Å². The number of aliphatic hydroxyl groups is 1. The van der Waals surface area contributed by atoms with Gasteiger partial charge >= 0.3 is 0 Å². The first-order valence-corrected chi connectivity index (χ1v) is 7.03. The van der Waals surface area contributed by atoms with E-state index in [0.717, 1.165) is 12.8 Å². The maximum absolute atomic E-state index is 12.6. The van der Waals surface area contributed by atoms with E-state index in [9.17, 15) is 14.7 Å². The number of amides is 2. The van der Waals surface area contributed by atoms with Crippen LogP contribution in [0, 0.1) is 0 Å². The van der Waals surface area contributed by atoms with E-state index >= 15 is 0 Å². The summed E-state index contributed by atoms with van der Waals surface area (Å²) in [6, 6.07) is 6.20. The molecule has 3 heterocycles. The van der Waals surface area contributed by atoms with Crippen molar-refractivity contribution in [3.63, 3.8) is 0 Å². The SMILES string of the molecule is C[C@H]1C(=O)N2CCC[C@H]2[C@]2(O)c3ccccc3C(=O)N12. The van der Waals surface area contributed by atoms with Crippen molar-refractivity contribution in [3.8, 4) is 0 Å². The number of rotatable bonds is 0. The molecule has 5 nitrogen and oxygen atoms in total. The second-order valence-corrected chi connectivity index (χ2v) is 5.81. The monoisotopic (exact) mass is 272 g/mol. The van der Waals surface area contributed by atoms with Crippen LogP contribution in [0.1, 0.15) is 35.7 Å². The fourth-order valence-corrected chi connectivity index (χ4v) is 4.02. The average molecular weight is 272 g/mol. The Bertz CT molecular complexity index is 629. The number of nitrogens with zero attached hydrogens (tertiary/aromatic N) is 2. The number of benzene rings is 1. The predicted octanol–water partition coefficient (Wildman–Crippen LogP) is 0.681. The van der Waals surface area contributed by atoms with Crippen LogP contribution < -0.4 is 0 Å². The standard InChI is InChI=1S/C15H16N2O3/c1-9-13(18)16-8-4-7-12(16)15(20)11-6-3-2-5-10(11)14(19)17(9)15/h2-3,5-6,9,12,20H,4,7-8H2,1H3/t9-,12-,15+/m0/s1. The molecule has 2 saturated heterocycles. The lowest BCUT2D eigenvalue weighted by Gasteiger charge is -2.50. The van der Waals surface area contributed by atoms with Gasteiger partial charge in [-0.15, -0.1) is 0 Å². The van der Waals surface area contributed by atoms with Crippen molar-refractivity contribution in [2.75, 3.05) is 6.54 Å². The lowest BCUT2D eigenvalue weighted by molar-refractivity contribution is -0.190. The Labute approximate surface area is 116 Å². The Balaban J connectivity index is 1.97. The quantitative estimate of drug-likeness (QED) is 0.755. The van der Waals surface area contributed by atoms with Gasteiger partial charge in [0.25, 0.3) is 5.91 Å². The summed E-state index contributed by atoms with van der Waals surface area (Å²) in [5, 5.41) is 11.3. The van der Waals surface area contributed by atoms with E-state index in [1.807, 2.05) is 6.07 Å². The third-order valence-electron chi connectivity index (χ3n) is 4.89. The van der Waals surface area contributed by atoms with Gasteiger partial charge in [-0.05, 0) is 25.8 Å². The number of carbonyl (C=O) groups excluding carboxylic acids is 2. The summed E-state index contributed by atoms with van der Waals surface area (Å²) in [4.78, 5) is 28.1. The first-order valence-electron chi connectivity index (χ1n) is 7.03. The molecule has 0 spiro atoms. The van der Waals surface area contributed by atoms with Gasteiger partial charge in [-0.25, -0.2) is 0 Å². The number of piperazine rings is 1. The molecule has 4 rings (SSSR count). The molecule has 104 valence electrons. The molecule has 0 radical (unpaired) electrons. The molecule has 3 aliphatic rings. The molecule has 3 aliphatic heterocycles. The van der Waals surface area contributed by atoms with Crippen molar-refractivity contribution in [2.24, 2.45) is 0 Å². The topological polar surface area (TPSA) is 60.9 Å². The van der Waals surface area contributed by atoms with Crippen molar-refractivity contribution >= 4 is 11.8 Å². The molecule has 5 heteroatoms. The van der Waals surface area contributed by atoms with Crippen LogP contribution in [0.5, 0.6) is 0 Å². The van der Waals surface area contributed by atoms with Gasteiger partial charge in [-0.2, -0.15) is 0 Å². The summed E-state index contributed by atoms with van der Waals surface area (Å²) in [6.07, 6.45) is 1.60. The largest absolute Gasteiger partial charge is 0.365 e. The molecule has 2 amide bonds. The zero-order valence-corrected chi connectivity index (χ0v) is 11.2. The fraction of sp³-hybridized carbons (Fsp3) is 0.467. The van der Waals surface area contributed by atoms with Gasteiger partial charge in [0.1, 0.15) is 6.04 Å². The minimum atomic E-state index is -1.36. The van der Waals surface area contributed by atoms with Crippen LogP contribution in [-0.2, 0) is 10.5 Å². The Morgan fingerprint density at radius 3 is 2.85 bits per heavy atom. The second kappa shape index (κ2) is 3.61. The molecular weight excluding hydrogens is 256 g/mol. The molecule has 3 atom stereocenters. The first kappa shape index (κ1) is 11.9. The van der Waals surface area contributed by atoms with Gasteiger partial charge in [0.2, 0.25) is 5.91 Å². The summed E-state index contributed by atoms with van der Waals surface area (Å²) in [6.45, 7) is 2.37. The normalized spacial score (nSPS) is 35.1. The highest BCUT2D eigenvalue weighted by atomic mass is 16.3. The lowest BCUT2D eigenvalue weighted by Crippen LogP contribution is -2.68. The fourth-order valence-electron chi connectivity index (χ4n) is 4.02. The molecule has 0 unspecified atom stereocenters. The average Bonchev–Trinajstić information content (AvgIpc) is 3.02. The van der Waals surface area contributed by atoms with E-state index in [4.69, 9.17) is 0 Å². The first-order chi connectivity index (χ1) is 9.56. The van der Waals surface area contributed by atoms with E-state index in [1.165, 1.54) is 4.90 Å². The minimum Gasteiger partial charge on any atom is -0.365 e.